The van der Waals surface area contributed by atoms with E-state index < -0.39 is 5.60 Å². The highest BCUT2D eigenvalue weighted by Gasteiger charge is 2.39. The number of ether oxygens (including phenoxy) is 1. The highest BCUT2D eigenvalue weighted by atomic mass is 35.5. The summed E-state index contributed by atoms with van der Waals surface area (Å²) in [6.45, 7) is 2.58. The van der Waals surface area contributed by atoms with Gasteiger partial charge in [-0.2, -0.15) is 10.2 Å². The Bertz CT molecular complexity index is 1230. The zero-order valence-electron chi connectivity index (χ0n) is 16.9. The van der Waals surface area contributed by atoms with Crippen molar-refractivity contribution >= 4 is 34.1 Å². The van der Waals surface area contributed by atoms with Crippen molar-refractivity contribution < 1.29 is 9.84 Å². The van der Waals surface area contributed by atoms with Gasteiger partial charge in [0.1, 0.15) is 17.5 Å². The molecular weight excluding hydrogens is 437 g/mol. The zero-order chi connectivity index (χ0) is 21.6. The van der Waals surface area contributed by atoms with Gasteiger partial charge in [-0.15, -0.1) is 0 Å². The molecule has 1 aliphatic rings. The van der Waals surface area contributed by atoms with Crippen LogP contribution in [0.1, 0.15) is 37.9 Å². The van der Waals surface area contributed by atoms with E-state index in [-0.39, 0.29) is 6.10 Å². The minimum absolute atomic E-state index is 0.338. The van der Waals surface area contributed by atoms with Crippen LogP contribution in [0.5, 0.6) is 5.75 Å². The smallest absolute Gasteiger partial charge is 0.124 e. The van der Waals surface area contributed by atoms with Crippen LogP contribution in [0, 0.1) is 0 Å². The first-order chi connectivity index (χ1) is 14.9. The van der Waals surface area contributed by atoms with Gasteiger partial charge in [0.15, 0.2) is 0 Å². The van der Waals surface area contributed by atoms with Crippen LogP contribution in [0.2, 0.25) is 10.0 Å². The predicted octanol–water partition coefficient (Wildman–Crippen LogP) is 4.98. The van der Waals surface area contributed by atoms with Crippen molar-refractivity contribution in [2.45, 2.75) is 44.4 Å². The summed E-state index contributed by atoms with van der Waals surface area (Å²) >= 11 is 12.5. The van der Waals surface area contributed by atoms with Gasteiger partial charge in [0, 0.05) is 29.9 Å². The third-order valence-electron chi connectivity index (χ3n) is 5.65. The number of aryl methyl sites for hydroxylation is 1. The van der Waals surface area contributed by atoms with Crippen molar-refractivity contribution in [3.8, 4) is 11.4 Å². The molecule has 1 aromatic carbocycles. The number of nitrogens with zero attached hydrogens (tertiary/aromatic N) is 5. The average Bonchev–Trinajstić information content (AvgIpc) is 3.13. The first-order valence-corrected chi connectivity index (χ1v) is 10.9. The molecule has 0 aliphatic heterocycles. The Morgan fingerprint density at radius 3 is 2.65 bits per heavy atom. The molecule has 4 aromatic rings. The third-order valence-corrected chi connectivity index (χ3v) is 6.25. The lowest BCUT2D eigenvalue weighted by Gasteiger charge is -2.17. The number of benzene rings is 1. The molecular formula is C22H21Cl2N5O2. The van der Waals surface area contributed by atoms with Crippen molar-refractivity contribution in [1.82, 2.24) is 24.5 Å². The molecule has 1 unspecified atom stereocenters. The quantitative estimate of drug-likeness (QED) is 0.423. The summed E-state index contributed by atoms with van der Waals surface area (Å²) in [7, 11) is 0. The Morgan fingerprint density at radius 2 is 1.90 bits per heavy atom. The van der Waals surface area contributed by atoms with Crippen LogP contribution in [0.15, 0.2) is 49.2 Å². The third kappa shape index (κ3) is 4.13. The standard InChI is InChI=1S/C22H21Cl2N5O2/c1-14(21-18(23)11-25-12-19(21)24)31-17-2-3-20-15(8-17)9-27-29(20)16-10-26-28(13-16)7-6-22(30)4-5-22/h2-3,8-14,30H,4-7H2,1H3. The van der Waals surface area contributed by atoms with Crippen LogP contribution in [0.4, 0.5) is 0 Å². The molecule has 3 aromatic heterocycles. The molecule has 0 radical (unpaired) electrons. The molecule has 5 rings (SSSR count). The maximum atomic E-state index is 10.0. The second-order valence-electron chi connectivity index (χ2n) is 7.99. The minimum Gasteiger partial charge on any atom is -0.486 e. The summed E-state index contributed by atoms with van der Waals surface area (Å²) in [5, 5.41) is 20.8. The Kier molecular flexibility index (Phi) is 5.12. The van der Waals surface area contributed by atoms with Crippen LogP contribution >= 0.6 is 23.2 Å². The van der Waals surface area contributed by atoms with E-state index in [9.17, 15) is 5.11 Å². The predicted molar refractivity (Wildman–Crippen MR) is 119 cm³/mol. The van der Waals surface area contributed by atoms with Crippen molar-refractivity contribution in [1.29, 1.82) is 0 Å². The normalized spacial score (nSPS) is 15.9. The molecule has 0 bridgehead atoms. The van der Waals surface area contributed by atoms with Crippen LogP contribution in [-0.4, -0.2) is 35.3 Å². The zero-order valence-corrected chi connectivity index (χ0v) is 18.4. The molecule has 160 valence electrons. The Hall–Kier alpha value is -2.61. The molecule has 1 atom stereocenters. The summed E-state index contributed by atoms with van der Waals surface area (Å²) in [5.74, 6) is 0.692. The lowest BCUT2D eigenvalue weighted by atomic mass is 10.1. The van der Waals surface area contributed by atoms with Gasteiger partial charge in [-0.05, 0) is 44.4 Å². The molecule has 3 heterocycles. The van der Waals surface area contributed by atoms with E-state index in [4.69, 9.17) is 27.9 Å². The molecule has 0 saturated heterocycles. The van der Waals surface area contributed by atoms with Gasteiger partial charge in [0.2, 0.25) is 0 Å². The number of aliphatic hydroxyl groups is 1. The molecule has 1 aliphatic carbocycles. The van der Waals surface area contributed by atoms with E-state index in [0.29, 0.717) is 27.9 Å². The molecule has 0 amide bonds. The summed E-state index contributed by atoms with van der Waals surface area (Å²) in [6, 6.07) is 5.79. The SMILES string of the molecule is CC(Oc1ccc2c(cnn2-c2cnn(CCC3(O)CC3)c2)c1)c1c(Cl)cncc1Cl. The summed E-state index contributed by atoms with van der Waals surface area (Å²) in [6.07, 6.45) is 10.8. The van der Waals surface area contributed by atoms with E-state index in [1.807, 2.05) is 40.7 Å². The maximum absolute atomic E-state index is 10.0. The van der Waals surface area contributed by atoms with Gasteiger partial charge in [-0.25, -0.2) is 4.68 Å². The molecule has 0 spiro atoms. The fourth-order valence-corrected chi connectivity index (χ4v) is 4.34. The van der Waals surface area contributed by atoms with E-state index in [1.165, 1.54) is 0 Å². The van der Waals surface area contributed by atoms with Crippen molar-refractivity contribution in [2.75, 3.05) is 0 Å². The van der Waals surface area contributed by atoms with Gasteiger partial charge >= 0.3 is 0 Å². The van der Waals surface area contributed by atoms with Crippen LogP contribution in [0.25, 0.3) is 16.6 Å². The van der Waals surface area contributed by atoms with E-state index in [0.717, 1.165) is 35.9 Å². The van der Waals surface area contributed by atoms with Crippen LogP contribution < -0.4 is 4.74 Å². The lowest BCUT2D eigenvalue weighted by molar-refractivity contribution is 0.132. The van der Waals surface area contributed by atoms with Crippen LogP contribution in [0.3, 0.4) is 0 Å². The number of pyridine rings is 1. The fraction of sp³-hybridized carbons (Fsp3) is 0.318. The van der Waals surface area contributed by atoms with Gasteiger partial charge in [0.05, 0.1) is 39.8 Å². The summed E-state index contributed by atoms with van der Waals surface area (Å²) in [4.78, 5) is 3.98. The maximum Gasteiger partial charge on any atom is 0.124 e. The second kappa shape index (κ2) is 7.82. The van der Waals surface area contributed by atoms with E-state index >= 15 is 0 Å². The number of hydrogen-bond donors (Lipinski definition) is 1. The number of aromatic nitrogens is 5. The molecule has 9 heteroatoms. The first kappa shape index (κ1) is 20.3. The van der Waals surface area contributed by atoms with Crippen molar-refractivity contribution in [2.24, 2.45) is 0 Å². The Balaban J connectivity index is 1.35. The second-order valence-corrected chi connectivity index (χ2v) is 8.80. The van der Waals surface area contributed by atoms with Crippen molar-refractivity contribution in [3.63, 3.8) is 0 Å². The highest BCUT2D eigenvalue weighted by Crippen LogP contribution is 2.38. The number of halogens is 2. The first-order valence-electron chi connectivity index (χ1n) is 10.1. The molecule has 1 saturated carbocycles. The number of hydrogen-bond acceptors (Lipinski definition) is 5. The lowest BCUT2D eigenvalue weighted by Crippen LogP contribution is -2.11. The highest BCUT2D eigenvalue weighted by molar-refractivity contribution is 6.35. The minimum atomic E-state index is -0.483. The van der Waals surface area contributed by atoms with Gasteiger partial charge in [-0.1, -0.05) is 23.2 Å². The molecule has 1 fully saturated rings. The molecule has 31 heavy (non-hydrogen) atoms. The van der Waals surface area contributed by atoms with Gasteiger partial charge in [-0.3, -0.25) is 9.67 Å². The fourth-order valence-electron chi connectivity index (χ4n) is 3.66. The van der Waals surface area contributed by atoms with E-state index in [1.54, 1.807) is 24.8 Å². The molecule has 7 nitrogen and oxygen atoms in total. The topological polar surface area (TPSA) is 78.0 Å². The summed E-state index contributed by atoms with van der Waals surface area (Å²) < 4.78 is 9.77. The van der Waals surface area contributed by atoms with Crippen molar-refractivity contribution in [3.05, 3.63) is 64.8 Å². The monoisotopic (exact) mass is 457 g/mol. The van der Waals surface area contributed by atoms with E-state index in [2.05, 4.69) is 15.2 Å². The number of rotatable bonds is 7. The Labute approximate surface area is 189 Å². The molecule has 1 N–H and O–H groups in total. The largest absolute Gasteiger partial charge is 0.486 e. The number of fused-ring (bicyclic) bond motifs is 1. The average molecular weight is 458 g/mol. The van der Waals surface area contributed by atoms with Gasteiger partial charge < -0.3 is 9.84 Å². The van der Waals surface area contributed by atoms with Crippen LogP contribution in [-0.2, 0) is 6.54 Å². The van der Waals surface area contributed by atoms with Gasteiger partial charge in [0.25, 0.3) is 0 Å². The summed E-state index contributed by atoms with van der Waals surface area (Å²) in [5.41, 5.74) is 2.04. The Morgan fingerprint density at radius 1 is 1.13 bits per heavy atom.